The Hall–Kier alpha value is -1.40. The predicted octanol–water partition coefficient (Wildman–Crippen LogP) is 1.50. The molecule has 1 aliphatic heterocycles. The third-order valence-corrected chi connectivity index (χ3v) is 3.87. The smallest absolute Gasteiger partial charge is 0.274 e. The summed E-state index contributed by atoms with van der Waals surface area (Å²) in [5.74, 6) is 0.360. The summed E-state index contributed by atoms with van der Waals surface area (Å²) in [5, 5.41) is 7.07. The van der Waals surface area contributed by atoms with Crippen molar-refractivity contribution >= 4 is 5.91 Å². The highest BCUT2D eigenvalue weighted by atomic mass is 16.5. The third-order valence-electron chi connectivity index (χ3n) is 3.87. The summed E-state index contributed by atoms with van der Waals surface area (Å²) >= 11 is 0. The van der Waals surface area contributed by atoms with Gasteiger partial charge in [-0.3, -0.25) is 9.89 Å². The zero-order valence-corrected chi connectivity index (χ0v) is 13.0. The van der Waals surface area contributed by atoms with Crippen LogP contribution >= 0.6 is 0 Å². The fourth-order valence-electron chi connectivity index (χ4n) is 2.46. The normalized spacial score (nSPS) is 16.7. The molecule has 0 unspecified atom stereocenters. The largest absolute Gasteiger partial charge is 0.378 e. The van der Waals surface area contributed by atoms with Crippen molar-refractivity contribution in [3.63, 3.8) is 0 Å². The average molecular weight is 294 g/mol. The Morgan fingerprint density at radius 2 is 2.24 bits per heavy atom. The van der Waals surface area contributed by atoms with Gasteiger partial charge in [0.15, 0.2) is 0 Å². The topological polar surface area (TPSA) is 84.2 Å². The maximum atomic E-state index is 12.4. The first kappa shape index (κ1) is 16.0. The molecule has 1 aliphatic rings. The van der Waals surface area contributed by atoms with Crippen molar-refractivity contribution in [3.05, 3.63) is 17.5 Å². The maximum Gasteiger partial charge on any atom is 0.274 e. The molecule has 0 saturated carbocycles. The zero-order chi connectivity index (χ0) is 15.2. The monoisotopic (exact) mass is 294 g/mol. The van der Waals surface area contributed by atoms with E-state index in [1.54, 1.807) is 0 Å². The van der Waals surface area contributed by atoms with Crippen LogP contribution in [0.1, 0.15) is 55.2 Å². The molecule has 1 aromatic heterocycles. The average Bonchev–Trinajstić information content (AvgIpc) is 2.97. The van der Waals surface area contributed by atoms with E-state index >= 15 is 0 Å². The van der Waals surface area contributed by atoms with Crippen LogP contribution in [0, 0.1) is 0 Å². The number of nitrogens with zero attached hydrogens (tertiary/aromatic N) is 2. The molecule has 2 heterocycles. The number of nitrogens with two attached hydrogens (primary N) is 1. The van der Waals surface area contributed by atoms with Gasteiger partial charge < -0.3 is 15.4 Å². The molecule has 0 spiro atoms. The fourth-order valence-corrected chi connectivity index (χ4v) is 2.46. The summed E-state index contributed by atoms with van der Waals surface area (Å²) in [4.78, 5) is 14.3. The number of nitrogens with one attached hydrogen (secondary N) is 1. The number of hydrogen-bond acceptors (Lipinski definition) is 4. The highest BCUT2D eigenvalue weighted by Gasteiger charge is 2.25. The molecule has 1 fully saturated rings. The van der Waals surface area contributed by atoms with Crippen molar-refractivity contribution in [2.45, 2.75) is 45.1 Å². The summed E-state index contributed by atoms with van der Waals surface area (Å²) < 4.78 is 5.75. The standard InChI is InChI=1S/C15H26N4O2/c1-11(2)13-10-14(18-17-13)15(20)19-7-4-12(5-8-19)21-9-3-6-16/h10-12H,3-9,16H2,1-2H3,(H,17,18). The van der Waals surface area contributed by atoms with Crippen LogP contribution in [0.15, 0.2) is 6.07 Å². The molecule has 6 heteroatoms. The lowest BCUT2D eigenvalue weighted by Crippen LogP contribution is -2.41. The van der Waals surface area contributed by atoms with E-state index in [-0.39, 0.29) is 12.0 Å². The third kappa shape index (κ3) is 4.28. The van der Waals surface area contributed by atoms with Crippen LogP contribution in [0.5, 0.6) is 0 Å². The number of carbonyl (C=O) groups excluding carboxylic acids is 1. The first-order valence-electron chi connectivity index (χ1n) is 7.78. The number of rotatable bonds is 6. The number of carbonyl (C=O) groups is 1. The number of piperidine rings is 1. The van der Waals surface area contributed by atoms with E-state index in [0.717, 1.165) is 38.0 Å². The van der Waals surface area contributed by atoms with E-state index in [0.29, 0.717) is 24.8 Å². The van der Waals surface area contributed by atoms with Crippen LogP contribution in [-0.2, 0) is 4.74 Å². The number of aromatic nitrogens is 2. The van der Waals surface area contributed by atoms with E-state index < -0.39 is 0 Å². The van der Waals surface area contributed by atoms with Crippen molar-refractivity contribution in [3.8, 4) is 0 Å². The van der Waals surface area contributed by atoms with Crippen LogP contribution in [0.2, 0.25) is 0 Å². The minimum Gasteiger partial charge on any atom is -0.378 e. The van der Waals surface area contributed by atoms with Gasteiger partial charge in [0, 0.05) is 25.4 Å². The number of aromatic amines is 1. The first-order valence-corrected chi connectivity index (χ1v) is 7.78. The van der Waals surface area contributed by atoms with Crippen LogP contribution in [-0.4, -0.2) is 53.3 Å². The van der Waals surface area contributed by atoms with Crippen molar-refractivity contribution in [1.29, 1.82) is 0 Å². The Labute approximate surface area is 126 Å². The molecular weight excluding hydrogens is 268 g/mol. The van der Waals surface area contributed by atoms with E-state index in [4.69, 9.17) is 10.5 Å². The lowest BCUT2D eigenvalue weighted by molar-refractivity contribution is 0.00829. The number of hydrogen-bond donors (Lipinski definition) is 2. The Morgan fingerprint density at radius 3 is 2.81 bits per heavy atom. The first-order chi connectivity index (χ1) is 10.1. The molecule has 0 aliphatic carbocycles. The van der Waals surface area contributed by atoms with Gasteiger partial charge in [0.05, 0.1) is 6.10 Å². The highest BCUT2D eigenvalue weighted by Crippen LogP contribution is 2.18. The SMILES string of the molecule is CC(C)c1cc(C(=O)N2CCC(OCCCN)CC2)n[nH]1. The molecule has 21 heavy (non-hydrogen) atoms. The van der Waals surface area contributed by atoms with Crippen LogP contribution in [0.4, 0.5) is 0 Å². The van der Waals surface area contributed by atoms with E-state index in [2.05, 4.69) is 24.0 Å². The van der Waals surface area contributed by atoms with Gasteiger partial charge in [-0.1, -0.05) is 13.8 Å². The molecule has 0 radical (unpaired) electrons. The fraction of sp³-hybridized carbons (Fsp3) is 0.733. The van der Waals surface area contributed by atoms with Gasteiger partial charge in [-0.2, -0.15) is 5.10 Å². The van der Waals surface area contributed by atoms with Gasteiger partial charge in [0.2, 0.25) is 0 Å². The molecular formula is C15H26N4O2. The number of H-pyrrole nitrogens is 1. The summed E-state index contributed by atoms with van der Waals surface area (Å²) in [7, 11) is 0. The van der Waals surface area contributed by atoms with Gasteiger partial charge in [0.25, 0.3) is 5.91 Å². The van der Waals surface area contributed by atoms with Crippen LogP contribution < -0.4 is 5.73 Å². The maximum absolute atomic E-state index is 12.4. The second kappa shape index (κ2) is 7.56. The Morgan fingerprint density at radius 1 is 1.52 bits per heavy atom. The molecule has 1 aromatic rings. The van der Waals surface area contributed by atoms with Crippen LogP contribution in [0.3, 0.4) is 0 Å². The van der Waals surface area contributed by atoms with E-state index in [1.165, 1.54) is 0 Å². The Balaban J connectivity index is 1.82. The van der Waals surface area contributed by atoms with Crippen molar-refractivity contribution in [2.24, 2.45) is 5.73 Å². The van der Waals surface area contributed by atoms with Gasteiger partial charge in [-0.15, -0.1) is 0 Å². The number of amides is 1. The second-order valence-electron chi connectivity index (χ2n) is 5.87. The quantitative estimate of drug-likeness (QED) is 0.779. The van der Waals surface area contributed by atoms with Crippen LogP contribution in [0.25, 0.3) is 0 Å². The molecule has 2 rings (SSSR count). The van der Waals surface area contributed by atoms with Crippen molar-refractivity contribution in [1.82, 2.24) is 15.1 Å². The zero-order valence-electron chi connectivity index (χ0n) is 13.0. The minimum atomic E-state index is 0.0126. The summed E-state index contributed by atoms with van der Waals surface area (Å²) in [6.07, 6.45) is 2.92. The lowest BCUT2D eigenvalue weighted by atomic mass is 10.1. The second-order valence-corrected chi connectivity index (χ2v) is 5.87. The number of likely N-dealkylation sites (tertiary alicyclic amines) is 1. The van der Waals surface area contributed by atoms with E-state index in [1.807, 2.05) is 11.0 Å². The molecule has 0 bridgehead atoms. The highest BCUT2D eigenvalue weighted by molar-refractivity contribution is 5.92. The summed E-state index contributed by atoms with van der Waals surface area (Å²) in [6, 6.07) is 1.86. The minimum absolute atomic E-state index is 0.0126. The van der Waals surface area contributed by atoms with Crippen molar-refractivity contribution < 1.29 is 9.53 Å². The molecule has 0 aromatic carbocycles. The summed E-state index contributed by atoms with van der Waals surface area (Å²) in [5.41, 5.74) is 6.96. The number of ether oxygens (including phenoxy) is 1. The molecule has 3 N–H and O–H groups in total. The molecule has 6 nitrogen and oxygen atoms in total. The lowest BCUT2D eigenvalue weighted by Gasteiger charge is -2.31. The van der Waals surface area contributed by atoms with Gasteiger partial charge in [0.1, 0.15) is 5.69 Å². The Bertz CT molecular complexity index is 450. The summed E-state index contributed by atoms with van der Waals surface area (Å²) in [6.45, 7) is 6.99. The van der Waals surface area contributed by atoms with Gasteiger partial charge >= 0.3 is 0 Å². The van der Waals surface area contributed by atoms with Gasteiger partial charge in [-0.05, 0) is 37.8 Å². The molecule has 0 atom stereocenters. The van der Waals surface area contributed by atoms with E-state index in [9.17, 15) is 4.79 Å². The predicted molar refractivity (Wildman–Crippen MR) is 81.2 cm³/mol. The molecule has 118 valence electrons. The van der Waals surface area contributed by atoms with Crippen molar-refractivity contribution in [2.75, 3.05) is 26.2 Å². The molecule has 1 saturated heterocycles. The Kier molecular flexibility index (Phi) is 5.76. The van der Waals surface area contributed by atoms with Gasteiger partial charge in [-0.25, -0.2) is 0 Å². The molecule has 1 amide bonds.